The highest BCUT2D eigenvalue weighted by molar-refractivity contribution is 5.88. The number of nitrogens with two attached hydrogens (primary N) is 1. The van der Waals surface area contributed by atoms with Gasteiger partial charge in [-0.15, -0.1) is 0 Å². The lowest BCUT2D eigenvalue weighted by atomic mass is 9.76. The third-order valence-corrected chi connectivity index (χ3v) is 3.99. The van der Waals surface area contributed by atoms with Gasteiger partial charge in [-0.05, 0) is 42.9 Å². The summed E-state index contributed by atoms with van der Waals surface area (Å²) < 4.78 is 0. The molecule has 0 saturated heterocycles. The van der Waals surface area contributed by atoms with Crippen molar-refractivity contribution < 1.29 is 14.7 Å². The van der Waals surface area contributed by atoms with Crippen molar-refractivity contribution in [3.8, 4) is 0 Å². The van der Waals surface area contributed by atoms with Crippen molar-refractivity contribution in [3.63, 3.8) is 0 Å². The van der Waals surface area contributed by atoms with Gasteiger partial charge in [0.15, 0.2) is 0 Å². The Hall–Kier alpha value is -2.04. The van der Waals surface area contributed by atoms with Crippen LogP contribution < -0.4 is 11.1 Å². The van der Waals surface area contributed by atoms with E-state index in [9.17, 15) is 14.7 Å². The van der Waals surface area contributed by atoms with E-state index in [1.54, 1.807) is 12.1 Å². The number of rotatable bonds is 5. The Kier molecular flexibility index (Phi) is 3.97. The SMILES string of the molecule is CC(CC(=O)NC1(C(=O)O)CCC1)c1ccc(N)cc1. The summed E-state index contributed by atoms with van der Waals surface area (Å²) in [4.78, 5) is 23.2. The maximum atomic E-state index is 12.0. The lowest BCUT2D eigenvalue weighted by Gasteiger charge is -2.38. The summed E-state index contributed by atoms with van der Waals surface area (Å²) in [5.41, 5.74) is 6.30. The van der Waals surface area contributed by atoms with E-state index in [2.05, 4.69) is 5.32 Å². The first-order valence-corrected chi connectivity index (χ1v) is 6.83. The van der Waals surface area contributed by atoms with Gasteiger partial charge in [-0.25, -0.2) is 4.79 Å². The number of aliphatic carboxylic acids is 1. The van der Waals surface area contributed by atoms with E-state index in [4.69, 9.17) is 5.73 Å². The number of carboxylic acid groups (broad SMARTS) is 1. The number of anilines is 1. The maximum Gasteiger partial charge on any atom is 0.329 e. The smallest absolute Gasteiger partial charge is 0.329 e. The fraction of sp³-hybridized carbons (Fsp3) is 0.467. The van der Waals surface area contributed by atoms with Gasteiger partial charge in [0.05, 0.1) is 0 Å². The Morgan fingerprint density at radius 1 is 1.35 bits per heavy atom. The molecule has 0 aliphatic heterocycles. The summed E-state index contributed by atoms with van der Waals surface area (Å²) in [6, 6.07) is 7.38. The average molecular weight is 276 g/mol. The summed E-state index contributed by atoms with van der Waals surface area (Å²) in [6.07, 6.45) is 2.16. The molecule has 1 saturated carbocycles. The second kappa shape index (κ2) is 5.53. The van der Waals surface area contributed by atoms with Crippen LogP contribution in [0.5, 0.6) is 0 Å². The molecule has 0 radical (unpaired) electrons. The molecule has 1 aromatic carbocycles. The molecule has 1 atom stereocenters. The zero-order valence-corrected chi connectivity index (χ0v) is 11.6. The van der Waals surface area contributed by atoms with Crippen LogP contribution in [0, 0.1) is 0 Å². The Bertz CT molecular complexity index is 506. The molecule has 1 amide bonds. The van der Waals surface area contributed by atoms with Crippen LogP contribution in [0.15, 0.2) is 24.3 Å². The highest BCUT2D eigenvalue weighted by Crippen LogP contribution is 2.32. The van der Waals surface area contributed by atoms with E-state index in [1.807, 2.05) is 19.1 Å². The molecule has 20 heavy (non-hydrogen) atoms. The monoisotopic (exact) mass is 276 g/mol. The van der Waals surface area contributed by atoms with E-state index >= 15 is 0 Å². The third kappa shape index (κ3) is 2.92. The van der Waals surface area contributed by atoms with Crippen molar-refractivity contribution >= 4 is 17.6 Å². The van der Waals surface area contributed by atoms with Crippen LogP contribution in [0.25, 0.3) is 0 Å². The van der Waals surface area contributed by atoms with Crippen LogP contribution >= 0.6 is 0 Å². The minimum atomic E-state index is -1.03. The summed E-state index contributed by atoms with van der Waals surface area (Å²) >= 11 is 0. The van der Waals surface area contributed by atoms with Gasteiger partial charge in [0.2, 0.25) is 5.91 Å². The summed E-state index contributed by atoms with van der Waals surface area (Å²) in [7, 11) is 0. The molecular weight excluding hydrogens is 256 g/mol. The number of nitrogen functional groups attached to an aromatic ring is 1. The Morgan fingerprint density at radius 3 is 2.40 bits per heavy atom. The lowest BCUT2D eigenvalue weighted by molar-refractivity contribution is -0.151. The van der Waals surface area contributed by atoms with Crippen LogP contribution in [-0.4, -0.2) is 22.5 Å². The van der Waals surface area contributed by atoms with Gasteiger partial charge in [-0.1, -0.05) is 19.1 Å². The van der Waals surface area contributed by atoms with Gasteiger partial charge in [0.25, 0.3) is 0 Å². The minimum Gasteiger partial charge on any atom is -0.480 e. The van der Waals surface area contributed by atoms with Crippen LogP contribution in [-0.2, 0) is 9.59 Å². The molecule has 5 heteroatoms. The lowest BCUT2D eigenvalue weighted by Crippen LogP contribution is -2.59. The van der Waals surface area contributed by atoms with Crippen molar-refractivity contribution in [2.24, 2.45) is 0 Å². The highest BCUT2D eigenvalue weighted by Gasteiger charge is 2.45. The van der Waals surface area contributed by atoms with Gasteiger partial charge >= 0.3 is 5.97 Å². The molecule has 1 aromatic rings. The van der Waals surface area contributed by atoms with Gasteiger partial charge in [-0.3, -0.25) is 4.79 Å². The molecule has 1 aliphatic rings. The summed E-state index contributed by atoms with van der Waals surface area (Å²) in [6.45, 7) is 1.94. The van der Waals surface area contributed by atoms with Crippen LogP contribution in [0.3, 0.4) is 0 Å². The van der Waals surface area contributed by atoms with Crippen LogP contribution in [0.2, 0.25) is 0 Å². The third-order valence-electron chi connectivity index (χ3n) is 3.99. The summed E-state index contributed by atoms with van der Waals surface area (Å²) in [5, 5.41) is 11.9. The number of carbonyl (C=O) groups excluding carboxylic acids is 1. The largest absolute Gasteiger partial charge is 0.480 e. The van der Waals surface area contributed by atoms with Crippen molar-refractivity contribution in [1.29, 1.82) is 0 Å². The molecule has 4 N–H and O–H groups in total. The Balaban J connectivity index is 1.94. The molecule has 0 heterocycles. The number of hydrogen-bond acceptors (Lipinski definition) is 3. The number of carbonyl (C=O) groups is 2. The normalized spacial score (nSPS) is 17.9. The number of amides is 1. The topological polar surface area (TPSA) is 92.4 Å². The number of hydrogen-bond donors (Lipinski definition) is 3. The van der Waals surface area contributed by atoms with Crippen molar-refractivity contribution in [1.82, 2.24) is 5.32 Å². The van der Waals surface area contributed by atoms with E-state index in [0.717, 1.165) is 12.0 Å². The second-order valence-electron chi connectivity index (χ2n) is 5.56. The molecule has 5 nitrogen and oxygen atoms in total. The van der Waals surface area contributed by atoms with E-state index in [1.165, 1.54) is 0 Å². The number of nitrogens with one attached hydrogen (secondary N) is 1. The maximum absolute atomic E-state index is 12.0. The second-order valence-corrected chi connectivity index (χ2v) is 5.56. The molecule has 0 aromatic heterocycles. The Morgan fingerprint density at radius 2 is 1.95 bits per heavy atom. The number of benzene rings is 1. The molecular formula is C15H20N2O3. The molecule has 0 bridgehead atoms. The van der Waals surface area contributed by atoms with E-state index in [-0.39, 0.29) is 18.2 Å². The first-order chi connectivity index (χ1) is 9.43. The Labute approximate surface area is 118 Å². The molecule has 1 fully saturated rings. The first kappa shape index (κ1) is 14.4. The van der Waals surface area contributed by atoms with Gasteiger partial charge in [0.1, 0.15) is 5.54 Å². The zero-order chi connectivity index (χ0) is 14.8. The van der Waals surface area contributed by atoms with E-state index in [0.29, 0.717) is 18.5 Å². The standard InChI is InChI=1S/C15H20N2O3/c1-10(11-3-5-12(16)6-4-11)9-13(18)17-15(14(19)20)7-2-8-15/h3-6,10H,2,7-9,16H2,1H3,(H,17,18)(H,19,20). The first-order valence-electron chi connectivity index (χ1n) is 6.83. The van der Waals surface area contributed by atoms with Crippen molar-refractivity contribution in [3.05, 3.63) is 29.8 Å². The summed E-state index contributed by atoms with van der Waals surface area (Å²) in [5.74, 6) is -1.12. The van der Waals surface area contributed by atoms with Gasteiger partial charge in [-0.2, -0.15) is 0 Å². The minimum absolute atomic E-state index is 0.0292. The molecule has 1 unspecified atom stereocenters. The molecule has 0 spiro atoms. The van der Waals surface area contributed by atoms with Gasteiger partial charge < -0.3 is 16.2 Å². The number of carboxylic acids is 1. The van der Waals surface area contributed by atoms with E-state index < -0.39 is 11.5 Å². The fourth-order valence-corrected chi connectivity index (χ4v) is 2.46. The average Bonchev–Trinajstić information content (AvgIpc) is 2.34. The van der Waals surface area contributed by atoms with Crippen molar-refractivity contribution in [2.75, 3.05) is 5.73 Å². The fourth-order valence-electron chi connectivity index (χ4n) is 2.46. The predicted octanol–water partition coefficient (Wildman–Crippen LogP) is 1.89. The molecule has 108 valence electrons. The predicted molar refractivity (Wildman–Crippen MR) is 76.2 cm³/mol. The molecule has 2 rings (SSSR count). The molecule has 1 aliphatic carbocycles. The van der Waals surface area contributed by atoms with Crippen LogP contribution in [0.4, 0.5) is 5.69 Å². The van der Waals surface area contributed by atoms with Gasteiger partial charge in [0, 0.05) is 12.1 Å². The van der Waals surface area contributed by atoms with Crippen molar-refractivity contribution in [2.45, 2.75) is 44.1 Å². The van der Waals surface area contributed by atoms with Crippen LogP contribution in [0.1, 0.15) is 44.1 Å². The zero-order valence-electron chi connectivity index (χ0n) is 11.6. The highest BCUT2D eigenvalue weighted by atomic mass is 16.4. The quantitative estimate of drug-likeness (QED) is 0.716.